The number of anilines is 2. The lowest BCUT2D eigenvalue weighted by atomic mass is 10.0. The van der Waals surface area contributed by atoms with Crippen LogP contribution in [-0.4, -0.2) is 31.3 Å². The van der Waals surface area contributed by atoms with Crippen molar-refractivity contribution in [2.75, 3.05) is 32.8 Å². The van der Waals surface area contributed by atoms with Crippen LogP contribution in [0.25, 0.3) is 22.5 Å². The second-order valence-corrected chi connectivity index (χ2v) is 5.38. The smallest absolute Gasteiger partial charge is 0.146 e. The van der Waals surface area contributed by atoms with Gasteiger partial charge in [-0.15, -0.1) is 0 Å². The summed E-state index contributed by atoms with van der Waals surface area (Å²) in [6, 6.07) is 9.22. The number of hydrogen-bond donors (Lipinski definition) is 3. The van der Waals surface area contributed by atoms with E-state index in [1.807, 2.05) is 30.3 Å². The van der Waals surface area contributed by atoms with Crippen molar-refractivity contribution in [1.82, 2.24) is 9.97 Å². The topological polar surface area (TPSA) is 108 Å². The number of nitrogens with two attached hydrogens (primary N) is 2. The number of imidazole rings is 1. The Morgan fingerprint density at radius 3 is 2.04 bits per heavy atom. The number of aromatic nitrogens is 2. The van der Waals surface area contributed by atoms with Crippen molar-refractivity contribution in [2.24, 2.45) is 0 Å². The molecule has 0 amide bonds. The van der Waals surface area contributed by atoms with Crippen LogP contribution in [0.5, 0.6) is 17.2 Å². The summed E-state index contributed by atoms with van der Waals surface area (Å²) < 4.78 is 15.9. The largest absolute Gasteiger partial charge is 0.495 e. The zero-order valence-electron chi connectivity index (χ0n) is 14.3. The molecule has 0 atom stereocenters. The van der Waals surface area contributed by atoms with E-state index in [2.05, 4.69) is 9.97 Å². The van der Waals surface area contributed by atoms with Crippen LogP contribution < -0.4 is 25.7 Å². The Morgan fingerprint density at radius 1 is 0.840 bits per heavy atom. The van der Waals surface area contributed by atoms with Crippen molar-refractivity contribution < 1.29 is 14.2 Å². The highest BCUT2D eigenvalue weighted by Gasteiger charge is 2.16. The number of aromatic amines is 1. The molecule has 0 unspecified atom stereocenters. The molecule has 130 valence electrons. The van der Waals surface area contributed by atoms with Gasteiger partial charge in [0.05, 0.1) is 44.7 Å². The predicted molar refractivity (Wildman–Crippen MR) is 97.9 cm³/mol. The van der Waals surface area contributed by atoms with Crippen molar-refractivity contribution >= 4 is 11.4 Å². The highest BCUT2D eigenvalue weighted by Crippen LogP contribution is 2.39. The van der Waals surface area contributed by atoms with Gasteiger partial charge in [0, 0.05) is 11.1 Å². The van der Waals surface area contributed by atoms with Crippen LogP contribution in [0, 0.1) is 0 Å². The van der Waals surface area contributed by atoms with Gasteiger partial charge in [0.25, 0.3) is 0 Å². The van der Waals surface area contributed by atoms with E-state index in [-0.39, 0.29) is 0 Å². The predicted octanol–water partition coefficient (Wildman–Crippen LogP) is 2.93. The van der Waals surface area contributed by atoms with Crippen molar-refractivity contribution in [3.05, 3.63) is 36.7 Å². The maximum Gasteiger partial charge on any atom is 0.146 e. The number of methoxy groups -OCH3 is 3. The molecule has 0 aliphatic rings. The standard InChI is InChI=1S/C18H20N4O3/c1-23-13-5-4-10(6-12(13)19)17-18(22-9-21-17)11-7-14(24-2)16(20)15(8-11)25-3/h4-9H,19-20H2,1-3H3,(H,21,22). The van der Waals surface area contributed by atoms with E-state index < -0.39 is 0 Å². The fraction of sp³-hybridized carbons (Fsp3) is 0.167. The summed E-state index contributed by atoms with van der Waals surface area (Å²) in [5.41, 5.74) is 16.3. The second-order valence-electron chi connectivity index (χ2n) is 5.38. The molecule has 0 bridgehead atoms. The molecule has 1 heterocycles. The summed E-state index contributed by atoms with van der Waals surface area (Å²) in [6.07, 6.45) is 1.63. The van der Waals surface area contributed by atoms with Crippen molar-refractivity contribution in [1.29, 1.82) is 0 Å². The minimum atomic E-state index is 0.444. The number of benzene rings is 2. The maximum atomic E-state index is 6.02. The molecule has 25 heavy (non-hydrogen) atoms. The third-order valence-electron chi connectivity index (χ3n) is 3.98. The van der Waals surface area contributed by atoms with Gasteiger partial charge >= 0.3 is 0 Å². The zero-order chi connectivity index (χ0) is 18.0. The summed E-state index contributed by atoms with van der Waals surface area (Å²) >= 11 is 0. The van der Waals surface area contributed by atoms with E-state index >= 15 is 0 Å². The molecule has 0 aliphatic carbocycles. The van der Waals surface area contributed by atoms with Gasteiger partial charge in [-0.25, -0.2) is 4.98 Å². The molecule has 0 fully saturated rings. The average Bonchev–Trinajstić information content (AvgIpc) is 3.11. The van der Waals surface area contributed by atoms with Crippen LogP contribution in [-0.2, 0) is 0 Å². The number of rotatable bonds is 5. The van der Waals surface area contributed by atoms with E-state index in [1.54, 1.807) is 27.7 Å². The lowest BCUT2D eigenvalue weighted by Crippen LogP contribution is -1.98. The van der Waals surface area contributed by atoms with Gasteiger partial charge in [0.2, 0.25) is 0 Å². The summed E-state index contributed by atoms with van der Waals surface area (Å²) in [4.78, 5) is 7.59. The first-order valence-electron chi connectivity index (χ1n) is 7.58. The third-order valence-corrected chi connectivity index (χ3v) is 3.98. The Hall–Kier alpha value is -3.35. The summed E-state index contributed by atoms with van der Waals surface area (Å²) in [6.45, 7) is 0. The van der Waals surface area contributed by atoms with Crippen LogP contribution in [0.4, 0.5) is 11.4 Å². The van der Waals surface area contributed by atoms with Crippen LogP contribution in [0.2, 0.25) is 0 Å². The van der Waals surface area contributed by atoms with E-state index in [0.717, 1.165) is 22.5 Å². The van der Waals surface area contributed by atoms with E-state index in [9.17, 15) is 0 Å². The molecular formula is C18H20N4O3. The second kappa shape index (κ2) is 6.64. The van der Waals surface area contributed by atoms with Crippen molar-refractivity contribution in [3.8, 4) is 39.8 Å². The molecule has 0 aliphatic heterocycles. The molecule has 7 heteroatoms. The molecule has 0 radical (unpaired) electrons. The number of H-pyrrole nitrogens is 1. The zero-order valence-corrected chi connectivity index (χ0v) is 14.3. The van der Waals surface area contributed by atoms with Gasteiger partial charge in [-0.2, -0.15) is 0 Å². The highest BCUT2D eigenvalue weighted by atomic mass is 16.5. The van der Waals surface area contributed by atoms with Gasteiger partial charge < -0.3 is 30.7 Å². The van der Waals surface area contributed by atoms with Crippen molar-refractivity contribution in [2.45, 2.75) is 0 Å². The van der Waals surface area contributed by atoms with Gasteiger partial charge in [-0.1, -0.05) is 0 Å². The number of hydrogen-bond acceptors (Lipinski definition) is 6. The summed E-state index contributed by atoms with van der Waals surface area (Å²) in [5.74, 6) is 1.68. The highest BCUT2D eigenvalue weighted by molar-refractivity contribution is 5.83. The number of nitrogens with one attached hydrogen (secondary N) is 1. The van der Waals surface area contributed by atoms with Crippen LogP contribution >= 0.6 is 0 Å². The average molecular weight is 340 g/mol. The van der Waals surface area contributed by atoms with Crippen LogP contribution in [0.15, 0.2) is 36.7 Å². The number of nitrogen functional groups attached to an aromatic ring is 2. The lowest BCUT2D eigenvalue weighted by Gasteiger charge is -2.12. The molecule has 0 saturated heterocycles. The minimum Gasteiger partial charge on any atom is -0.495 e. The fourth-order valence-corrected chi connectivity index (χ4v) is 2.70. The molecule has 7 nitrogen and oxygen atoms in total. The van der Waals surface area contributed by atoms with Gasteiger partial charge in [-0.3, -0.25) is 0 Å². The Morgan fingerprint density at radius 2 is 1.48 bits per heavy atom. The van der Waals surface area contributed by atoms with E-state index in [0.29, 0.717) is 28.6 Å². The molecule has 0 spiro atoms. The first-order valence-corrected chi connectivity index (χ1v) is 7.58. The van der Waals surface area contributed by atoms with Crippen LogP contribution in [0.3, 0.4) is 0 Å². The molecule has 1 aromatic heterocycles. The van der Waals surface area contributed by atoms with Gasteiger partial charge in [0.15, 0.2) is 0 Å². The lowest BCUT2D eigenvalue weighted by molar-refractivity contribution is 0.398. The Balaban J connectivity index is 2.13. The fourth-order valence-electron chi connectivity index (χ4n) is 2.70. The first kappa shape index (κ1) is 16.5. The van der Waals surface area contributed by atoms with Gasteiger partial charge in [-0.05, 0) is 30.3 Å². The quantitative estimate of drug-likeness (QED) is 0.616. The molecule has 2 aromatic carbocycles. The Labute approximate surface area is 145 Å². The van der Waals surface area contributed by atoms with E-state index in [1.165, 1.54) is 0 Å². The monoisotopic (exact) mass is 340 g/mol. The maximum absolute atomic E-state index is 6.02. The molecule has 5 N–H and O–H groups in total. The minimum absolute atomic E-state index is 0.444. The SMILES string of the molecule is COc1ccc(-c2[nH]cnc2-c2cc(OC)c(N)c(OC)c2)cc1N. The molecule has 3 aromatic rings. The number of nitrogens with zero attached hydrogens (tertiary/aromatic N) is 1. The molecular weight excluding hydrogens is 320 g/mol. The Bertz CT molecular complexity index is 880. The van der Waals surface area contributed by atoms with Crippen LogP contribution in [0.1, 0.15) is 0 Å². The normalized spacial score (nSPS) is 10.5. The first-order chi connectivity index (χ1) is 12.1. The molecule has 3 rings (SSSR count). The molecule has 0 saturated carbocycles. The summed E-state index contributed by atoms with van der Waals surface area (Å²) in [7, 11) is 4.70. The Kier molecular flexibility index (Phi) is 4.38. The van der Waals surface area contributed by atoms with Crippen molar-refractivity contribution in [3.63, 3.8) is 0 Å². The number of ether oxygens (including phenoxy) is 3. The van der Waals surface area contributed by atoms with Gasteiger partial charge in [0.1, 0.15) is 22.9 Å². The van der Waals surface area contributed by atoms with E-state index in [4.69, 9.17) is 25.7 Å². The summed E-state index contributed by atoms with van der Waals surface area (Å²) in [5, 5.41) is 0. The third kappa shape index (κ3) is 2.91.